The van der Waals surface area contributed by atoms with E-state index in [0.29, 0.717) is 61.0 Å². The van der Waals surface area contributed by atoms with Crippen LogP contribution < -0.4 is 14.3 Å². The third-order valence-electron chi connectivity index (χ3n) is 5.74. The Kier molecular flexibility index (Phi) is 8.30. The first-order chi connectivity index (χ1) is 17.8. The minimum atomic E-state index is -3.66. The Morgan fingerprint density at radius 3 is 2.27 bits per heavy atom. The quantitative estimate of drug-likeness (QED) is 0.378. The van der Waals surface area contributed by atoms with E-state index < -0.39 is 21.9 Å². The van der Waals surface area contributed by atoms with Crippen molar-refractivity contribution in [1.29, 1.82) is 0 Å². The van der Waals surface area contributed by atoms with Gasteiger partial charge in [0.05, 0.1) is 22.2 Å². The number of thiazole rings is 1. The van der Waals surface area contributed by atoms with E-state index in [-0.39, 0.29) is 17.0 Å². The molecule has 0 bridgehead atoms. The van der Waals surface area contributed by atoms with Crippen LogP contribution in [-0.4, -0.2) is 62.6 Å². The van der Waals surface area contributed by atoms with Crippen LogP contribution in [0.15, 0.2) is 46.3 Å². The lowest BCUT2D eigenvalue weighted by atomic mass is 10.2. The first-order valence-electron chi connectivity index (χ1n) is 12.0. The molecule has 2 heterocycles. The van der Waals surface area contributed by atoms with Crippen LogP contribution in [0.25, 0.3) is 10.2 Å². The van der Waals surface area contributed by atoms with Crippen LogP contribution in [0.5, 0.6) is 11.5 Å². The maximum atomic E-state index is 13.1. The summed E-state index contributed by atoms with van der Waals surface area (Å²) in [5.41, 5.74) is 0.879. The van der Waals surface area contributed by atoms with Crippen molar-refractivity contribution in [2.24, 2.45) is 4.99 Å². The Morgan fingerprint density at radius 2 is 1.68 bits per heavy atom. The van der Waals surface area contributed by atoms with Crippen LogP contribution in [0.1, 0.15) is 37.0 Å². The van der Waals surface area contributed by atoms with E-state index in [0.717, 1.165) is 4.70 Å². The molecule has 0 saturated heterocycles. The van der Waals surface area contributed by atoms with Crippen molar-refractivity contribution < 1.29 is 32.2 Å². The topological polar surface area (TPSA) is 117 Å². The smallest absolute Gasteiger partial charge is 0.325 e. The number of carbonyl (C=O) groups excluding carboxylic acids is 2. The standard InChI is InChI=1S/C25H29N3O7S2/c1-4-10-27(11-5-2)37(31,32)18-8-6-17(7-9-18)24(30)26-25-28(16-23(29)33-3)19-14-20-21(15-22(19)36-25)35-13-12-34-20/h6-9,14-15H,4-5,10-13,16H2,1-3H3. The van der Waals surface area contributed by atoms with E-state index in [2.05, 4.69) is 4.99 Å². The van der Waals surface area contributed by atoms with E-state index in [1.54, 1.807) is 16.7 Å². The lowest BCUT2D eigenvalue weighted by molar-refractivity contribution is -0.141. The maximum absolute atomic E-state index is 13.1. The van der Waals surface area contributed by atoms with Gasteiger partial charge in [-0.1, -0.05) is 25.2 Å². The van der Waals surface area contributed by atoms with Crippen LogP contribution in [0.3, 0.4) is 0 Å². The molecule has 0 saturated carbocycles. The van der Waals surface area contributed by atoms with Gasteiger partial charge in [-0.3, -0.25) is 9.59 Å². The molecule has 4 rings (SSSR count). The van der Waals surface area contributed by atoms with Gasteiger partial charge in [-0.05, 0) is 37.1 Å². The molecule has 0 spiro atoms. The molecule has 2 aromatic carbocycles. The van der Waals surface area contributed by atoms with Gasteiger partial charge in [0.25, 0.3) is 5.91 Å². The fourth-order valence-electron chi connectivity index (χ4n) is 3.96. The molecule has 1 amide bonds. The van der Waals surface area contributed by atoms with Gasteiger partial charge >= 0.3 is 5.97 Å². The molecule has 198 valence electrons. The number of amides is 1. The second-order valence-corrected chi connectivity index (χ2v) is 11.3. The summed E-state index contributed by atoms with van der Waals surface area (Å²) in [5, 5.41) is 0. The van der Waals surface area contributed by atoms with Crippen LogP contribution in [0.2, 0.25) is 0 Å². The number of methoxy groups -OCH3 is 1. The number of benzene rings is 2. The van der Waals surface area contributed by atoms with E-state index >= 15 is 0 Å². The number of hydrogen-bond acceptors (Lipinski definition) is 8. The SMILES string of the molecule is CCCN(CCC)S(=O)(=O)c1ccc(C(=O)N=c2sc3cc4c(cc3n2CC(=O)OC)OCCO4)cc1. The minimum Gasteiger partial charge on any atom is -0.486 e. The number of ether oxygens (including phenoxy) is 3. The molecule has 10 nitrogen and oxygen atoms in total. The molecule has 0 aliphatic carbocycles. The number of carbonyl (C=O) groups is 2. The molecule has 1 aromatic heterocycles. The van der Waals surface area contributed by atoms with Crippen molar-refractivity contribution in [3.05, 3.63) is 46.8 Å². The summed E-state index contributed by atoms with van der Waals surface area (Å²) in [6.07, 6.45) is 1.41. The van der Waals surface area contributed by atoms with Crippen LogP contribution in [0, 0.1) is 0 Å². The zero-order valence-electron chi connectivity index (χ0n) is 20.9. The third-order valence-corrected chi connectivity index (χ3v) is 8.70. The molecule has 12 heteroatoms. The van der Waals surface area contributed by atoms with E-state index in [1.165, 1.54) is 47.0 Å². The van der Waals surface area contributed by atoms with Crippen LogP contribution >= 0.6 is 11.3 Å². The van der Waals surface area contributed by atoms with Crippen LogP contribution in [0.4, 0.5) is 0 Å². The fraction of sp³-hybridized carbons (Fsp3) is 0.400. The number of hydrogen-bond donors (Lipinski definition) is 0. The third kappa shape index (κ3) is 5.71. The van der Waals surface area contributed by atoms with Crippen molar-refractivity contribution in [1.82, 2.24) is 8.87 Å². The Bertz CT molecular complexity index is 1470. The van der Waals surface area contributed by atoms with E-state index in [1.807, 2.05) is 13.8 Å². The molecule has 0 fully saturated rings. The summed E-state index contributed by atoms with van der Waals surface area (Å²) >= 11 is 1.22. The summed E-state index contributed by atoms with van der Waals surface area (Å²) in [5.74, 6) is 0.0669. The number of sulfonamides is 1. The van der Waals surface area contributed by atoms with Crippen LogP contribution in [-0.2, 0) is 26.1 Å². The molecule has 1 aliphatic rings. The van der Waals surface area contributed by atoms with Crippen molar-refractivity contribution in [3.63, 3.8) is 0 Å². The predicted octanol–water partition coefficient (Wildman–Crippen LogP) is 3.20. The maximum Gasteiger partial charge on any atom is 0.325 e. The van der Waals surface area contributed by atoms with E-state index in [9.17, 15) is 18.0 Å². The minimum absolute atomic E-state index is 0.124. The zero-order chi connectivity index (χ0) is 26.6. The summed E-state index contributed by atoms with van der Waals surface area (Å²) in [6, 6.07) is 9.30. The number of fused-ring (bicyclic) bond motifs is 2. The Morgan fingerprint density at radius 1 is 1.05 bits per heavy atom. The van der Waals surface area contributed by atoms with Crippen molar-refractivity contribution in [2.45, 2.75) is 38.1 Å². The number of aromatic nitrogens is 1. The summed E-state index contributed by atoms with van der Waals surface area (Å²) < 4.78 is 46.0. The highest BCUT2D eigenvalue weighted by Gasteiger charge is 2.23. The highest BCUT2D eigenvalue weighted by molar-refractivity contribution is 7.89. The van der Waals surface area contributed by atoms with Gasteiger partial charge in [-0.25, -0.2) is 8.42 Å². The molecular weight excluding hydrogens is 518 g/mol. The van der Waals surface area contributed by atoms with Crippen molar-refractivity contribution in [3.8, 4) is 11.5 Å². The molecule has 1 aliphatic heterocycles. The Hall–Kier alpha value is -3.22. The Labute approximate surface area is 219 Å². The molecule has 37 heavy (non-hydrogen) atoms. The number of rotatable bonds is 9. The van der Waals surface area contributed by atoms with E-state index in [4.69, 9.17) is 14.2 Å². The zero-order valence-corrected chi connectivity index (χ0v) is 22.6. The molecule has 0 N–H and O–H groups in total. The highest BCUT2D eigenvalue weighted by Crippen LogP contribution is 2.35. The number of esters is 1. The lowest BCUT2D eigenvalue weighted by Gasteiger charge is -2.21. The largest absolute Gasteiger partial charge is 0.486 e. The van der Waals surface area contributed by atoms with Gasteiger partial charge in [-0.2, -0.15) is 9.30 Å². The van der Waals surface area contributed by atoms with Gasteiger partial charge in [0.2, 0.25) is 10.0 Å². The first kappa shape index (κ1) is 26.8. The Balaban J connectivity index is 1.70. The average Bonchev–Trinajstić information content (AvgIpc) is 3.22. The first-order valence-corrected chi connectivity index (χ1v) is 14.2. The normalized spacial score (nSPS) is 13.8. The molecule has 0 radical (unpaired) electrons. The number of nitrogens with zero attached hydrogens (tertiary/aromatic N) is 3. The average molecular weight is 548 g/mol. The van der Waals surface area contributed by atoms with Gasteiger partial charge in [0.1, 0.15) is 19.8 Å². The van der Waals surface area contributed by atoms with Gasteiger partial charge in [0, 0.05) is 30.8 Å². The summed E-state index contributed by atoms with van der Waals surface area (Å²) in [6.45, 7) is 5.41. The second-order valence-electron chi connectivity index (χ2n) is 8.36. The van der Waals surface area contributed by atoms with Gasteiger partial charge in [-0.15, -0.1) is 0 Å². The van der Waals surface area contributed by atoms with Gasteiger partial charge in [0.15, 0.2) is 16.3 Å². The summed E-state index contributed by atoms with van der Waals surface area (Å²) in [7, 11) is -2.37. The summed E-state index contributed by atoms with van der Waals surface area (Å²) in [4.78, 5) is 29.8. The molecule has 3 aromatic rings. The predicted molar refractivity (Wildman–Crippen MR) is 138 cm³/mol. The van der Waals surface area contributed by atoms with Crippen molar-refractivity contribution in [2.75, 3.05) is 33.4 Å². The monoisotopic (exact) mass is 547 g/mol. The van der Waals surface area contributed by atoms with Crippen molar-refractivity contribution >= 4 is 43.5 Å². The fourth-order valence-corrected chi connectivity index (χ4v) is 6.62. The molecular formula is C25H29N3O7S2. The second kappa shape index (κ2) is 11.4. The van der Waals surface area contributed by atoms with Gasteiger partial charge < -0.3 is 18.8 Å². The lowest BCUT2D eigenvalue weighted by Crippen LogP contribution is -2.32. The molecule has 0 atom stereocenters. The molecule has 0 unspecified atom stereocenters. The highest BCUT2D eigenvalue weighted by atomic mass is 32.2.